The fraction of sp³-hybridized carbons (Fsp3) is 0.333. The van der Waals surface area contributed by atoms with Gasteiger partial charge in [-0.05, 0) is 40.8 Å². The molecule has 0 unspecified atom stereocenters. The lowest BCUT2D eigenvalue weighted by molar-refractivity contribution is -0.134. The number of hydrogen-bond donors (Lipinski definition) is 0. The first kappa shape index (κ1) is 24.5. The Morgan fingerprint density at radius 1 is 0.861 bits per heavy atom. The lowest BCUT2D eigenvalue weighted by Crippen LogP contribution is -2.49. The topological polar surface area (TPSA) is 40.9 Å². The number of fused-ring (bicyclic) bond motifs is 1. The van der Waals surface area contributed by atoms with E-state index in [-0.39, 0.29) is 11.3 Å². The van der Waals surface area contributed by atoms with Gasteiger partial charge in [0.25, 0.3) is 0 Å². The van der Waals surface area contributed by atoms with Gasteiger partial charge < -0.3 is 9.30 Å². The van der Waals surface area contributed by atoms with Crippen LogP contribution in [0.3, 0.4) is 0 Å². The number of benzene rings is 2. The van der Waals surface area contributed by atoms with Crippen LogP contribution in [0.15, 0.2) is 72.9 Å². The molecule has 3 heterocycles. The average Bonchev–Trinajstić information content (AvgIpc) is 3.22. The molecule has 6 heteroatoms. The van der Waals surface area contributed by atoms with Crippen molar-refractivity contribution in [1.82, 2.24) is 19.2 Å². The van der Waals surface area contributed by atoms with E-state index in [1.165, 1.54) is 5.56 Å². The molecular formula is C30H33ClN4O. The number of hydrogen-bond acceptors (Lipinski definition) is 3. The number of amides is 1. The van der Waals surface area contributed by atoms with Crippen molar-refractivity contribution in [3.8, 4) is 22.4 Å². The number of carbonyl (C=O) groups excluding carboxylic acids is 1. The molecule has 0 aliphatic carbocycles. The standard InChI is InChI=1S/C30H33ClN4O/c1-30(2,3)19-28(36)34-17-15-33(16-18-34)21-26-29(23-9-12-25(31)13-10-23)32-27-14-11-24(20-35(26)27)22-7-5-4-6-8-22/h4-14,20H,15-19,21H2,1-3H3. The number of piperazine rings is 1. The molecule has 1 amide bonds. The molecule has 0 spiro atoms. The van der Waals surface area contributed by atoms with Gasteiger partial charge in [-0.1, -0.05) is 74.8 Å². The third-order valence-corrected chi connectivity index (χ3v) is 6.97. The van der Waals surface area contributed by atoms with Crippen molar-refractivity contribution in [2.75, 3.05) is 26.2 Å². The van der Waals surface area contributed by atoms with E-state index in [0.29, 0.717) is 11.4 Å². The summed E-state index contributed by atoms with van der Waals surface area (Å²) >= 11 is 6.18. The predicted octanol–water partition coefficient (Wildman–Crippen LogP) is 6.40. The summed E-state index contributed by atoms with van der Waals surface area (Å²) in [6, 6.07) is 22.6. The molecule has 0 atom stereocenters. The summed E-state index contributed by atoms with van der Waals surface area (Å²) in [5.41, 5.74) is 6.45. The molecule has 0 N–H and O–H groups in total. The van der Waals surface area contributed by atoms with Crippen molar-refractivity contribution < 1.29 is 4.79 Å². The molecule has 2 aromatic carbocycles. The average molecular weight is 501 g/mol. The van der Waals surface area contributed by atoms with Crippen LogP contribution in [-0.2, 0) is 11.3 Å². The fourth-order valence-corrected chi connectivity index (χ4v) is 4.94. The monoisotopic (exact) mass is 500 g/mol. The number of halogens is 1. The highest BCUT2D eigenvalue weighted by Gasteiger charge is 2.26. The summed E-state index contributed by atoms with van der Waals surface area (Å²) in [6.45, 7) is 10.3. The van der Waals surface area contributed by atoms with Gasteiger partial charge in [-0.25, -0.2) is 4.98 Å². The van der Waals surface area contributed by atoms with Gasteiger partial charge in [-0.15, -0.1) is 0 Å². The van der Waals surface area contributed by atoms with Crippen molar-refractivity contribution >= 4 is 23.2 Å². The first-order valence-electron chi connectivity index (χ1n) is 12.6. The molecule has 1 aliphatic heterocycles. The van der Waals surface area contributed by atoms with E-state index in [9.17, 15) is 4.79 Å². The molecule has 36 heavy (non-hydrogen) atoms. The summed E-state index contributed by atoms with van der Waals surface area (Å²) < 4.78 is 2.23. The summed E-state index contributed by atoms with van der Waals surface area (Å²) in [5, 5.41) is 0.714. The van der Waals surface area contributed by atoms with Crippen LogP contribution in [0.2, 0.25) is 5.02 Å². The maximum Gasteiger partial charge on any atom is 0.223 e. The Morgan fingerprint density at radius 2 is 1.53 bits per heavy atom. The molecule has 186 valence electrons. The molecule has 2 aromatic heterocycles. The lowest BCUT2D eigenvalue weighted by Gasteiger charge is -2.36. The van der Waals surface area contributed by atoms with E-state index in [1.807, 2.05) is 35.2 Å². The lowest BCUT2D eigenvalue weighted by atomic mass is 9.91. The highest BCUT2D eigenvalue weighted by atomic mass is 35.5. The van der Waals surface area contributed by atoms with Crippen LogP contribution in [0, 0.1) is 5.41 Å². The predicted molar refractivity (Wildman–Crippen MR) is 147 cm³/mol. The van der Waals surface area contributed by atoms with Crippen LogP contribution in [0.4, 0.5) is 0 Å². The van der Waals surface area contributed by atoms with E-state index in [4.69, 9.17) is 16.6 Å². The zero-order chi connectivity index (χ0) is 25.3. The molecule has 1 aliphatic rings. The van der Waals surface area contributed by atoms with E-state index in [2.05, 4.69) is 72.7 Å². The minimum absolute atomic E-state index is 0.00860. The summed E-state index contributed by atoms with van der Waals surface area (Å²) in [6.07, 6.45) is 2.78. The molecule has 1 fully saturated rings. The van der Waals surface area contributed by atoms with E-state index >= 15 is 0 Å². The van der Waals surface area contributed by atoms with Crippen molar-refractivity contribution in [2.24, 2.45) is 5.41 Å². The largest absolute Gasteiger partial charge is 0.340 e. The number of pyridine rings is 1. The maximum atomic E-state index is 12.7. The quantitative estimate of drug-likeness (QED) is 0.318. The van der Waals surface area contributed by atoms with Gasteiger partial charge in [0.05, 0.1) is 11.4 Å². The molecule has 4 aromatic rings. The fourth-order valence-electron chi connectivity index (χ4n) is 4.82. The normalized spacial score (nSPS) is 14.9. The van der Waals surface area contributed by atoms with Crippen LogP contribution in [0.25, 0.3) is 28.0 Å². The second-order valence-corrected chi connectivity index (χ2v) is 11.3. The molecule has 5 rings (SSSR count). The number of imidazole rings is 1. The molecule has 0 saturated carbocycles. The van der Waals surface area contributed by atoms with Crippen LogP contribution in [0.1, 0.15) is 32.9 Å². The first-order valence-corrected chi connectivity index (χ1v) is 13.0. The van der Waals surface area contributed by atoms with Gasteiger partial charge in [0.15, 0.2) is 0 Å². The van der Waals surface area contributed by atoms with Crippen LogP contribution >= 0.6 is 11.6 Å². The maximum absolute atomic E-state index is 12.7. The molecule has 0 radical (unpaired) electrons. The second-order valence-electron chi connectivity index (χ2n) is 10.8. The molecule has 1 saturated heterocycles. The highest BCUT2D eigenvalue weighted by molar-refractivity contribution is 6.30. The molecule has 5 nitrogen and oxygen atoms in total. The molecular weight excluding hydrogens is 468 g/mol. The van der Waals surface area contributed by atoms with Crippen molar-refractivity contribution in [3.05, 3.63) is 83.6 Å². The zero-order valence-corrected chi connectivity index (χ0v) is 22.0. The van der Waals surface area contributed by atoms with Gasteiger partial charge in [0.2, 0.25) is 5.91 Å². The van der Waals surface area contributed by atoms with Gasteiger partial charge in [0.1, 0.15) is 5.65 Å². The first-order chi connectivity index (χ1) is 17.3. The van der Waals surface area contributed by atoms with Crippen LogP contribution < -0.4 is 0 Å². The van der Waals surface area contributed by atoms with Gasteiger partial charge in [-0.3, -0.25) is 9.69 Å². The van der Waals surface area contributed by atoms with Crippen molar-refractivity contribution in [2.45, 2.75) is 33.7 Å². The Morgan fingerprint density at radius 3 is 2.19 bits per heavy atom. The van der Waals surface area contributed by atoms with E-state index in [0.717, 1.165) is 60.9 Å². The third-order valence-electron chi connectivity index (χ3n) is 6.72. The summed E-state index contributed by atoms with van der Waals surface area (Å²) in [7, 11) is 0. The Hall–Kier alpha value is -3.15. The number of aromatic nitrogens is 2. The summed E-state index contributed by atoms with van der Waals surface area (Å²) in [5.74, 6) is 0.256. The SMILES string of the molecule is CC(C)(C)CC(=O)N1CCN(Cc2c(-c3ccc(Cl)cc3)nc3ccc(-c4ccccc4)cn23)CC1. The molecule has 0 bridgehead atoms. The minimum Gasteiger partial charge on any atom is -0.340 e. The van der Waals surface area contributed by atoms with Gasteiger partial charge in [0, 0.05) is 55.9 Å². The van der Waals surface area contributed by atoms with Crippen LogP contribution in [-0.4, -0.2) is 51.3 Å². The number of carbonyl (C=O) groups is 1. The third kappa shape index (κ3) is 5.48. The minimum atomic E-state index is 0.00860. The van der Waals surface area contributed by atoms with Gasteiger partial charge >= 0.3 is 0 Å². The smallest absolute Gasteiger partial charge is 0.223 e. The Labute approximate surface area is 218 Å². The second kappa shape index (κ2) is 10.1. The zero-order valence-electron chi connectivity index (χ0n) is 21.2. The van der Waals surface area contributed by atoms with Crippen LogP contribution in [0.5, 0.6) is 0 Å². The van der Waals surface area contributed by atoms with E-state index < -0.39 is 0 Å². The highest BCUT2D eigenvalue weighted by Crippen LogP contribution is 2.29. The van der Waals surface area contributed by atoms with Crippen molar-refractivity contribution in [3.63, 3.8) is 0 Å². The Bertz CT molecular complexity index is 1350. The summed E-state index contributed by atoms with van der Waals surface area (Å²) in [4.78, 5) is 22.2. The Balaban J connectivity index is 1.45. The van der Waals surface area contributed by atoms with Gasteiger partial charge in [-0.2, -0.15) is 0 Å². The Kier molecular flexibility index (Phi) is 6.87. The number of nitrogens with zero attached hydrogens (tertiary/aromatic N) is 4. The number of rotatable bonds is 5. The van der Waals surface area contributed by atoms with Crippen molar-refractivity contribution in [1.29, 1.82) is 0 Å². The van der Waals surface area contributed by atoms with E-state index in [1.54, 1.807) is 0 Å².